The molecule has 1 fully saturated rings. The zero-order valence-electron chi connectivity index (χ0n) is 12.4. The lowest BCUT2D eigenvalue weighted by atomic mass is 9.90. The second kappa shape index (κ2) is 6.99. The molecular weight excluding hydrogens is 282 g/mol. The Hall–Kier alpha value is -1.78. The van der Waals surface area contributed by atoms with Gasteiger partial charge in [0.1, 0.15) is 11.6 Å². The average Bonchev–Trinajstić information content (AvgIpc) is 2.56. The van der Waals surface area contributed by atoms with Crippen LogP contribution in [0, 0.1) is 11.6 Å². The first-order valence-corrected chi connectivity index (χ1v) is 7.66. The molecule has 0 saturated carbocycles. The van der Waals surface area contributed by atoms with Gasteiger partial charge in [-0.25, -0.2) is 8.78 Å². The fourth-order valence-electron chi connectivity index (χ4n) is 2.95. The summed E-state index contributed by atoms with van der Waals surface area (Å²) in [4.78, 5) is 2.40. The molecule has 0 bridgehead atoms. The van der Waals surface area contributed by atoms with Gasteiger partial charge in [0.25, 0.3) is 0 Å². The summed E-state index contributed by atoms with van der Waals surface area (Å²) in [5.74, 6) is -0.341. The number of benzene rings is 2. The Morgan fingerprint density at radius 1 is 0.818 bits per heavy atom. The van der Waals surface area contributed by atoms with Gasteiger partial charge in [-0.2, -0.15) is 0 Å². The molecule has 2 aromatic rings. The van der Waals surface area contributed by atoms with Crippen molar-refractivity contribution in [3.8, 4) is 0 Å². The molecular formula is C18H20F2N2. The van der Waals surface area contributed by atoms with Crippen LogP contribution in [0.25, 0.3) is 0 Å². The molecule has 2 aromatic carbocycles. The van der Waals surface area contributed by atoms with E-state index in [1.54, 1.807) is 0 Å². The van der Waals surface area contributed by atoms with Gasteiger partial charge in [-0.3, -0.25) is 4.90 Å². The third-order valence-corrected chi connectivity index (χ3v) is 4.20. The number of hydrogen-bond donors (Lipinski definition) is 1. The Kier molecular flexibility index (Phi) is 4.80. The third-order valence-electron chi connectivity index (χ3n) is 4.20. The second-order valence-electron chi connectivity index (χ2n) is 5.71. The van der Waals surface area contributed by atoms with Crippen molar-refractivity contribution in [2.24, 2.45) is 0 Å². The number of piperazine rings is 1. The molecule has 0 amide bonds. The molecule has 0 aliphatic carbocycles. The maximum Gasteiger partial charge on any atom is 0.123 e. The lowest BCUT2D eigenvalue weighted by Crippen LogP contribution is -2.45. The highest BCUT2D eigenvalue weighted by molar-refractivity contribution is 5.33. The lowest BCUT2D eigenvalue weighted by Gasteiger charge is -2.31. The predicted molar refractivity (Wildman–Crippen MR) is 84.0 cm³/mol. The Morgan fingerprint density at radius 2 is 1.27 bits per heavy atom. The van der Waals surface area contributed by atoms with Crippen LogP contribution in [0.4, 0.5) is 8.78 Å². The maximum atomic E-state index is 13.2. The van der Waals surface area contributed by atoms with E-state index in [0.29, 0.717) is 0 Å². The van der Waals surface area contributed by atoms with Crippen molar-refractivity contribution >= 4 is 0 Å². The summed E-state index contributed by atoms with van der Waals surface area (Å²) < 4.78 is 26.4. The van der Waals surface area contributed by atoms with Gasteiger partial charge in [0, 0.05) is 38.6 Å². The largest absolute Gasteiger partial charge is 0.314 e. The summed E-state index contributed by atoms with van der Waals surface area (Å²) >= 11 is 0. The molecule has 22 heavy (non-hydrogen) atoms. The number of hydrogen-bond acceptors (Lipinski definition) is 2. The zero-order chi connectivity index (χ0) is 15.4. The molecule has 2 nitrogen and oxygen atoms in total. The van der Waals surface area contributed by atoms with Gasteiger partial charge in [0.2, 0.25) is 0 Å². The van der Waals surface area contributed by atoms with Crippen LogP contribution < -0.4 is 5.32 Å². The maximum absolute atomic E-state index is 13.2. The molecule has 0 radical (unpaired) electrons. The van der Waals surface area contributed by atoms with Crippen molar-refractivity contribution in [1.82, 2.24) is 10.2 Å². The van der Waals surface area contributed by atoms with E-state index in [1.807, 2.05) is 24.3 Å². The highest BCUT2D eigenvalue weighted by atomic mass is 19.1. The molecule has 1 heterocycles. The highest BCUT2D eigenvalue weighted by Gasteiger charge is 2.19. The molecule has 0 aromatic heterocycles. The van der Waals surface area contributed by atoms with E-state index >= 15 is 0 Å². The molecule has 0 spiro atoms. The molecule has 116 valence electrons. The SMILES string of the molecule is Fc1ccc(C(CN2CCNCC2)c2ccc(F)cc2)cc1. The second-order valence-corrected chi connectivity index (χ2v) is 5.71. The summed E-state index contributed by atoms with van der Waals surface area (Å²) in [6.07, 6.45) is 0. The number of nitrogens with one attached hydrogen (secondary N) is 1. The van der Waals surface area contributed by atoms with E-state index in [0.717, 1.165) is 43.9 Å². The van der Waals surface area contributed by atoms with Crippen LogP contribution in [0.15, 0.2) is 48.5 Å². The van der Waals surface area contributed by atoms with Crippen LogP contribution in [0.2, 0.25) is 0 Å². The van der Waals surface area contributed by atoms with Crippen molar-refractivity contribution < 1.29 is 8.78 Å². The molecule has 0 atom stereocenters. The van der Waals surface area contributed by atoms with Crippen molar-refractivity contribution in [2.75, 3.05) is 32.7 Å². The summed E-state index contributed by atoms with van der Waals surface area (Å²) in [6.45, 7) is 4.83. The number of nitrogens with zero attached hydrogens (tertiary/aromatic N) is 1. The lowest BCUT2D eigenvalue weighted by molar-refractivity contribution is 0.234. The van der Waals surface area contributed by atoms with Gasteiger partial charge in [-0.1, -0.05) is 24.3 Å². The van der Waals surface area contributed by atoms with Gasteiger partial charge >= 0.3 is 0 Å². The van der Waals surface area contributed by atoms with Crippen LogP contribution in [0.3, 0.4) is 0 Å². The van der Waals surface area contributed by atoms with Crippen LogP contribution in [0.1, 0.15) is 17.0 Å². The summed E-state index contributed by atoms with van der Waals surface area (Å²) in [6, 6.07) is 13.3. The normalized spacial score (nSPS) is 16.1. The summed E-state index contributed by atoms with van der Waals surface area (Å²) in [5, 5.41) is 3.34. The van der Waals surface area contributed by atoms with Crippen molar-refractivity contribution in [3.63, 3.8) is 0 Å². The minimum atomic E-state index is -0.233. The zero-order valence-corrected chi connectivity index (χ0v) is 12.4. The highest BCUT2D eigenvalue weighted by Crippen LogP contribution is 2.26. The first-order valence-electron chi connectivity index (χ1n) is 7.66. The monoisotopic (exact) mass is 302 g/mol. The van der Waals surface area contributed by atoms with Gasteiger partial charge in [-0.05, 0) is 35.4 Å². The molecule has 1 aliphatic heterocycles. The first kappa shape index (κ1) is 15.1. The molecule has 1 N–H and O–H groups in total. The predicted octanol–water partition coefficient (Wildman–Crippen LogP) is 3.00. The van der Waals surface area contributed by atoms with Crippen LogP contribution in [-0.4, -0.2) is 37.6 Å². The summed E-state index contributed by atoms with van der Waals surface area (Å²) in [7, 11) is 0. The molecule has 1 saturated heterocycles. The molecule has 4 heteroatoms. The van der Waals surface area contributed by atoms with Crippen LogP contribution >= 0.6 is 0 Å². The topological polar surface area (TPSA) is 15.3 Å². The smallest absolute Gasteiger partial charge is 0.123 e. The number of halogens is 2. The van der Waals surface area contributed by atoms with Crippen LogP contribution in [-0.2, 0) is 0 Å². The van der Waals surface area contributed by atoms with Crippen molar-refractivity contribution in [3.05, 3.63) is 71.3 Å². The Balaban J connectivity index is 1.86. The minimum absolute atomic E-state index is 0.124. The molecule has 0 unspecified atom stereocenters. The van der Waals surface area contributed by atoms with Gasteiger partial charge in [0.05, 0.1) is 0 Å². The van der Waals surface area contributed by atoms with E-state index < -0.39 is 0 Å². The minimum Gasteiger partial charge on any atom is -0.314 e. The first-order chi connectivity index (χ1) is 10.7. The van der Waals surface area contributed by atoms with Crippen LogP contribution in [0.5, 0.6) is 0 Å². The molecule has 1 aliphatic rings. The van der Waals surface area contributed by atoms with Gasteiger partial charge in [-0.15, -0.1) is 0 Å². The van der Waals surface area contributed by atoms with E-state index in [1.165, 1.54) is 24.3 Å². The van der Waals surface area contributed by atoms with Crippen molar-refractivity contribution in [1.29, 1.82) is 0 Å². The third kappa shape index (κ3) is 3.70. The Labute approximate surface area is 129 Å². The summed E-state index contributed by atoms with van der Waals surface area (Å²) in [5.41, 5.74) is 2.12. The molecule has 3 rings (SSSR count). The Morgan fingerprint density at radius 3 is 1.73 bits per heavy atom. The fourth-order valence-corrected chi connectivity index (χ4v) is 2.95. The average molecular weight is 302 g/mol. The van der Waals surface area contributed by atoms with E-state index in [2.05, 4.69) is 10.2 Å². The quantitative estimate of drug-likeness (QED) is 0.934. The Bertz CT molecular complexity index is 544. The van der Waals surface area contributed by atoms with E-state index in [9.17, 15) is 8.78 Å². The van der Waals surface area contributed by atoms with E-state index in [-0.39, 0.29) is 17.6 Å². The van der Waals surface area contributed by atoms with E-state index in [4.69, 9.17) is 0 Å². The van der Waals surface area contributed by atoms with Gasteiger partial charge in [0.15, 0.2) is 0 Å². The standard InChI is InChI=1S/C18H20F2N2/c19-16-5-1-14(2-6-16)18(13-22-11-9-21-10-12-22)15-3-7-17(20)8-4-15/h1-8,18,21H,9-13H2. The van der Waals surface area contributed by atoms with Crippen molar-refractivity contribution in [2.45, 2.75) is 5.92 Å². The van der Waals surface area contributed by atoms with Gasteiger partial charge < -0.3 is 5.32 Å². The number of rotatable bonds is 4. The fraction of sp³-hybridized carbons (Fsp3) is 0.333.